The summed E-state index contributed by atoms with van der Waals surface area (Å²) in [6.45, 7) is 9.40. The Morgan fingerprint density at radius 3 is 2.27 bits per heavy atom. The standard InChI is InChI=1S/C20H24NSi/c1-15-18-9-7-6-8-16(18)10-12-19(15)20-13-11-17(14-21(20)2)22(3,4)5/h6-14H,1-5H3/q+1. The highest BCUT2D eigenvalue weighted by Crippen LogP contribution is 2.27. The Morgan fingerprint density at radius 2 is 1.59 bits per heavy atom. The molecule has 1 nitrogen and oxygen atoms in total. The summed E-state index contributed by atoms with van der Waals surface area (Å²) in [7, 11) is 0.894. The van der Waals surface area contributed by atoms with E-state index in [0.29, 0.717) is 0 Å². The normalized spacial score (nSPS) is 11.9. The van der Waals surface area contributed by atoms with E-state index >= 15 is 0 Å². The quantitative estimate of drug-likeness (QED) is 0.494. The summed E-state index contributed by atoms with van der Waals surface area (Å²) in [6, 6.07) is 17.7. The highest BCUT2D eigenvalue weighted by molar-refractivity contribution is 6.88. The van der Waals surface area contributed by atoms with Crippen LogP contribution in [0.15, 0.2) is 54.7 Å². The van der Waals surface area contributed by atoms with Gasteiger partial charge in [0.25, 0.3) is 0 Å². The molecule has 0 fully saturated rings. The van der Waals surface area contributed by atoms with Gasteiger partial charge in [-0.15, -0.1) is 0 Å². The Balaban J connectivity index is 2.18. The van der Waals surface area contributed by atoms with E-state index in [1.807, 2.05) is 0 Å². The second kappa shape index (κ2) is 5.36. The molecule has 0 unspecified atom stereocenters. The number of aromatic nitrogens is 1. The van der Waals surface area contributed by atoms with Crippen LogP contribution in [0.3, 0.4) is 0 Å². The van der Waals surface area contributed by atoms with Gasteiger partial charge in [-0.1, -0.05) is 56.0 Å². The van der Waals surface area contributed by atoms with Crippen LogP contribution in [0, 0.1) is 6.92 Å². The van der Waals surface area contributed by atoms with Crippen LogP contribution in [0.1, 0.15) is 5.56 Å². The third kappa shape index (κ3) is 2.59. The number of hydrogen-bond acceptors (Lipinski definition) is 0. The molecule has 0 radical (unpaired) electrons. The fourth-order valence-electron chi connectivity index (χ4n) is 3.04. The first kappa shape index (κ1) is 15.0. The number of pyridine rings is 1. The second-order valence-corrected chi connectivity index (χ2v) is 12.2. The zero-order valence-electron chi connectivity index (χ0n) is 14.1. The molecule has 0 saturated heterocycles. The number of hydrogen-bond donors (Lipinski definition) is 0. The monoisotopic (exact) mass is 306 g/mol. The fraction of sp³-hybridized carbons (Fsp3) is 0.250. The molecule has 0 N–H and O–H groups in total. The molecule has 2 aromatic carbocycles. The van der Waals surface area contributed by atoms with Gasteiger partial charge in [-0.3, -0.25) is 0 Å². The van der Waals surface area contributed by atoms with Gasteiger partial charge < -0.3 is 0 Å². The van der Waals surface area contributed by atoms with Gasteiger partial charge in [0.2, 0.25) is 5.69 Å². The van der Waals surface area contributed by atoms with Gasteiger partial charge in [-0.25, -0.2) is 4.57 Å². The lowest BCUT2D eigenvalue weighted by Gasteiger charge is -2.15. The van der Waals surface area contributed by atoms with Crippen molar-refractivity contribution in [2.24, 2.45) is 7.05 Å². The summed E-state index contributed by atoms with van der Waals surface area (Å²) >= 11 is 0. The summed E-state index contributed by atoms with van der Waals surface area (Å²) in [4.78, 5) is 0. The molecule has 0 aliphatic rings. The summed E-state index contributed by atoms with van der Waals surface area (Å²) in [5, 5.41) is 4.15. The van der Waals surface area contributed by atoms with Crippen LogP contribution in [-0.2, 0) is 7.05 Å². The van der Waals surface area contributed by atoms with E-state index < -0.39 is 8.07 Å². The van der Waals surface area contributed by atoms with Crippen LogP contribution in [0.5, 0.6) is 0 Å². The average Bonchev–Trinajstić information content (AvgIpc) is 2.47. The maximum absolute atomic E-state index is 2.39. The van der Waals surface area contributed by atoms with Crippen LogP contribution in [0.4, 0.5) is 0 Å². The van der Waals surface area contributed by atoms with Gasteiger partial charge in [0, 0.05) is 16.8 Å². The first-order valence-corrected chi connectivity index (χ1v) is 11.4. The average molecular weight is 307 g/mol. The summed E-state index contributed by atoms with van der Waals surface area (Å²) < 4.78 is 2.28. The molecule has 0 bridgehead atoms. The SMILES string of the molecule is Cc1c(-c2ccc([Si](C)(C)C)c[n+]2C)ccc2ccccc12. The molecule has 22 heavy (non-hydrogen) atoms. The van der Waals surface area contributed by atoms with E-state index in [9.17, 15) is 0 Å². The van der Waals surface area contributed by atoms with Gasteiger partial charge in [0.05, 0.1) is 8.07 Å². The molecule has 0 saturated carbocycles. The number of aryl methyl sites for hydroxylation is 2. The van der Waals surface area contributed by atoms with Crippen molar-refractivity contribution in [3.8, 4) is 11.3 Å². The molecule has 0 atom stereocenters. The second-order valence-electron chi connectivity index (χ2n) is 7.12. The molecule has 3 rings (SSSR count). The van der Waals surface area contributed by atoms with Crippen molar-refractivity contribution in [2.75, 3.05) is 0 Å². The van der Waals surface area contributed by atoms with Gasteiger partial charge in [-0.05, 0) is 29.3 Å². The lowest BCUT2D eigenvalue weighted by atomic mass is 9.98. The van der Waals surface area contributed by atoms with E-state index in [0.717, 1.165) is 0 Å². The lowest BCUT2D eigenvalue weighted by Crippen LogP contribution is -2.44. The molecule has 1 heterocycles. The zero-order valence-corrected chi connectivity index (χ0v) is 15.1. The van der Waals surface area contributed by atoms with E-state index in [2.05, 4.69) is 92.9 Å². The van der Waals surface area contributed by atoms with Gasteiger partial charge in [0.15, 0.2) is 6.20 Å². The van der Waals surface area contributed by atoms with Gasteiger partial charge >= 0.3 is 0 Å². The Kier molecular flexibility index (Phi) is 3.65. The maximum Gasteiger partial charge on any atom is 0.212 e. The Bertz CT molecular complexity index is 844. The van der Waals surface area contributed by atoms with Crippen LogP contribution in [0.25, 0.3) is 22.0 Å². The van der Waals surface area contributed by atoms with Crippen LogP contribution in [-0.4, -0.2) is 8.07 Å². The third-order valence-corrected chi connectivity index (χ3v) is 6.50. The number of fused-ring (bicyclic) bond motifs is 1. The minimum absolute atomic E-state index is 1.27. The molecular formula is C20H24NSi+. The smallest absolute Gasteiger partial charge is 0.201 e. The number of rotatable bonds is 2. The minimum Gasteiger partial charge on any atom is -0.201 e. The summed E-state index contributed by atoms with van der Waals surface area (Å²) in [6.07, 6.45) is 2.32. The molecule has 112 valence electrons. The summed E-state index contributed by atoms with van der Waals surface area (Å²) in [5.74, 6) is 0. The Hall–Kier alpha value is -1.93. The van der Waals surface area contributed by atoms with E-state index in [1.165, 1.54) is 32.8 Å². The maximum atomic E-state index is 2.39. The van der Waals surface area contributed by atoms with Gasteiger partial charge in [-0.2, -0.15) is 0 Å². The van der Waals surface area contributed by atoms with Crippen LogP contribution in [0.2, 0.25) is 19.6 Å². The van der Waals surface area contributed by atoms with Crippen molar-refractivity contribution in [1.29, 1.82) is 0 Å². The predicted molar refractivity (Wildman–Crippen MR) is 98.3 cm³/mol. The van der Waals surface area contributed by atoms with Crippen molar-refractivity contribution in [1.82, 2.24) is 0 Å². The minimum atomic E-state index is -1.27. The van der Waals surface area contributed by atoms with E-state index in [-0.39, 0.29) is 0 Å². The van der Waals surface area contributed by atoms with E-state index in [4.69, 9.17) is 0 Å². The third-order valence-electron chi connectivity index (χ3n) is 4.47. The highest BCUT2D eigenvalue weighted by Gasteiger charge is 2.22. The molecule has 3 aromatic rings. The van der Waals surface area contributed by atoms with Crippen molar-refractivity contribution in [3.05, 3.63) is 60.3 Å². The molecule has 2 heteroatoms. The predicted octanol–water partition coefficient (Wildman–Crippen LogP) is 4.18. The summed E-state index contributed by atoms with van der Waals surface area (Å²) in [5.41, 5.74) is 3.96. The topological polar surface area (TPSA) is 3.88 Å². The van der Waals surface area contributed by atoms with Crippen molar-refractivity contribution < 1.29 is 4.57 Å². The molecule has 0 aliphatic heterocycles. The van der Waals surface area contributed by atoms with Crippen molar-refractivity contribution in [2.45, 2.75) is 26.6 Å². The molecule has 0 amide bonds. The molecular weight excluding hydrogens is 282 g/mol. The molecule has 0 spiro atoms. The lowest BCUT2D eigenvalue weighted by molar-refractivity contribution is -0.659. The fourth-order valence-corrected chi connectivity index (χ4v) is 4.20. The van der Waals surface area contributed by atoms with Crippen molar-refractivity contribution >= 4 is 24.0 Å². The number of benzene rings is 2. The number of nitrogens with zero attached hydrogens (tertiary/aromatic N) is 1. The zero-order chi connectivity index (χ0) is 15.9. The van der Waals surface area contributed by atoms with Crippen LogP contribution < -0.4 is 9.75 Å². The molecule has 0 aliphatic carbocycles. The highest BCUT2D eigenvalue weighted by atomic mass is 28.3. The Labute approximate surface area is 134 Å². The van der Waals surface area contributed by atoms with Crippen LogP contribution >= 0.6 is 0 Å². The van der Waals surface area contributed by atoms with Gasteiger partial charge in [0.1, 0.15) is 7.05 Å². The first-order valence-electron chi connectivity index (χ1n) is 7.87. The largest absolute Gasteiger partial charge is 0.212 e. The first-order chi connectivity index (χ1) is 10.4. The van der Waals surface area contributed by atoms with Crippen molar-refractivity contribution in [3.63, 3.8) is 0 Å². The van der Waals surface area contributed by atoms with E-state index in [1.54, 1.807) is 0 Å². The Morgan fingerprint density at radius 1 is 0.864 bits per heavy atom. The molecule has 1 aromatic heterocycles.